The van der Waals surface area contributed by atoms with Crippen molar-refractivity contribution >= 4 is 46.2 Å². The quantitative estimate of drug-likeness (QED) is 0.0646. The molecular formula is C48H50F2N8O5. The van der Waals surface area contributed by atoms with E-state index in [1.807, 2.05) is 50.4 Å². The van der Waals surface area contributed by atoms with E-state index in [1.54, 1.807) is 11.8 Å². The fourth-order valence-electron chi connectivity index (χ4n) is 7.62. The molecule has 4 aromatic carbocycles. The smallest absolute Gasteiger partial charge is 0.328 e. The first-order chi connectivity index (χ1) is 30.0. The number of carbonyl (C=O) groups excluding carboxylic acids is 4. The summed E-state index contributed by atoms with van der Waals surface area (Å²) in [5, 5.41) is 18.9. The molecule has 6 aromatic rings. The van der Waals surface area contributed by atoms with E-state index in [-0.39, 0.29) is 29.5 Å². The average Bonchev–Trinajstić information content (AvgIpc) is 3.68. The first-order valence-electron chi connectivity index (χ1n) is 20.8. The van der Waals surface area contributed by atoms with E-state index in [0.29, 0.717) is 59.5 Å². The molecule has 0 aliphatic carbocycles. The van der Waals surface area contributed by atoms with E-state index < -0.39 is 29.2 Å². The number of imide groups is 1. The van der Waals surface area contributed by atoms with Crippen LogP contribution in [0.1, 0.15) is 77.7 Å². The number of aromatic amines is 1. The molecule has 5 N–H and O–H groups in total. The molecule has 0 saturated carbocycles. The van der Waals surface area contributed by atoms with Gasteiger partial charge >= 0.3 is 6.03 Å². The number of rotatable bonds is 15. The van der Waals surface area contributed by atoms with Gasteiger partial charge in [-0.1, -0.05) is 42.5 Å². The Labute approximate surface area is 363 Å². The number of benzene rings is 4. The summed E-state index contributed by atoms with van der Waals surface area (Å²) in [5.41, 5.74) is 6.19. The van der Waals surface area contributed by atoms with Crippen LogP contribution in [0, 0.1) is 25.5 Å². The van der Waals surface area contributed by atoms with E-state index in [0.717, 1.165) is 59.1 Å². The number of hydrogen-bond donors (Lipinski definition) is 5. The molecule has 3 heterocycles. The van der Waals surface area contributed by atoms with Gasteiger partial charge in [0.2, 0.25) is 11.8 Å². The number of nitrogens with one attached hydrogen (secondary N) is 4. The van der Waals surface area contributed by atoms with Gasteiger partial charge in [-0.2, -0.15) is 0 Å². The van der Waals surface area contributed by atoms with Gasteiger partial charge in [-0.15, -0.1) is 0 Å². The molecule has 1 aliphatic heterocycles. The highest BCUT2D eigenvalue weighted by molar-refractivity contribution is 6.07. The second kappa shape index (κ2) is 18.6. The van der Waals surface area contributed by atoms with Gasteiger partial charge < -0.3 is 25.6 Å². The summed E-state index contributed by atoms with van der Waals surface area (Å²) in [7, 11) is 2.04. The largest absolute Gasteiger partial charge is 0.386 e. The molecule has 0 unspecified atom stereocenters. The summed E-state index contributed by atoms with van der Waals surface area (Å²) in [4.78, 5) is 65.8. The Kier molecular flexibility index (Phi) is 13.1. The number of halogens is 2. The molecular weight excluding hydrogens is 807 g/mol. The van der Waals surface area contributed by atoms with Crippen LogP contribution in [0.15, 0.2) is 85.2 Å². The lowest BCUT2D eigenvalue weighted by atomic mass is 9.96. The van der Waals surface area contributed by atoms with Gasteiger partial charge in [0, 0.05) is 60.5 Å². The minimum Gasteiger partial charge on any atom is -0.386 e. The maximum atomic E-state index is 15.2. The summed E-state index contributed by atoms with van der Waals surface area (Å²) in [5.74, 6) is -2.52. The van der Waals surface area contributed by atoms with E-state index in [4.69, 9.17) is 0 Å². The molecule has 326 valence electrons. The molecule has 13 nitrogen and oxygen atoms in total. The highest BCUT2D eigenvalue weighted by Crippen LogP contribution is 2.35. The molecule has 2 aromatic heterocycles. The van der Waals surface area contributed by atoms with Gasteiger partial charge in [-0.25, -0.2) is 23.5 Å². The summed E-state index contributed by atoms with van der Waals surface area (Å²) in [6.45, 7) is 8.83. The monoisotopic (exact) mass is 856 g/mol. The third kappa shape index (κ3) is 10.4. The van der Waals surface area contributed by atoms with Crippen molar-refractivity contribution in [3.8, 4) is 22.5 Å². The zero-order valence-electron chi connectivity index (χ0n) is 35.9. The van der Waals surface area contributed by atoms with Gasteiger partial charge in [-0.3, -0.25) is 24.6 Å². The third-order valence-corrected chi connectivity index (χ3v) is 11.2. The average molecular weight is 857 g/mol. The van der Waals surface area contributed by atoms with E-state index in [2.05, 4.69) is 47.9 Å². The summed E-state index contributed by atoms with van der Waals surface area (Å²) in [6, 6.07) is 21.7. The van der Waals surface area contributed by atoms with Crippen molar-refractivity contribution in [2.45, 2.75) is 72.1 Å². The lowest BCUT2D eigenvalue weighted by molar-refractivity contribution is -0.121. The Morgan fingerprint density at radius 3 is 2.43 bits per heavy atom. The highest BCUT2D eigenvalue weighted by Gasteiger charge is 2.26. The minimum atomic E-state index is -1.29. The molecule has 7 rings (SSSR count). The number of aryl methyl sites for hydroxylation is 1. The number of amides is 5. The minimum absolute atomic E-state index is 0.0453. The Morgan fingerprint density at radius 2 is 1.70 bits per heavy atom. The number of fused-ring (bicyclic) bond motifs is 1. The molecule has 1 fully saturated rings. The van der Waals surface area contributed by atoms with E-state index in [9.17, 15) is 28.7 Å². The van der Waals surface area contributed by atoms with E-state index in [1.165, 1.54) is 44.4 Å². The van der Waals surface area contributed by atoms with Crippen LogP contribution in [0.5, 0.6) is 0 Å². The van der Waals surface area contributed by atoms with Crippen LogP contribution in [0.25, 0.3) is 33.5 Å². The normalized spacial score (nSPS) is 13.1. The fraction of sp³-hybridized carbons (Fsp3) is 0.292. The molecule has 1 saturated heterocycles. The Bertz CT molecular complexity index is 2710. The van der Waals surface area contributed by atoms with Crippen molar-refractivity contribution in [1.29, 1.82) is 0 Å². The van der Waals surface area contributed by atoms with Crippen LogP contribution in [0.2, 0.25) is 0 Å². The molecule has 5 amide bonds. The number of H-pyrrole nitrogens is 1. The summed E-state index contributed by atoms with van der Waals surface area (Å²) in [6.07, 6.45) is 3.59. The SMILES string of the molecule is Cc1ccc(CNC(=O)CCCCN(C)Cc2ccc(-c3cc4c(-c5cc(F)cc(NC(=O)c6ccc(C(C)(C)O)cc6F)c5C)ncnc4[nH]3)cc2)cc1N1CCC(=O)NC1=O. The van der Waals surface area contributed by atoms with Crippen LogP contribution < -0.4 is 20.9 Å². The molecule has 63 heavy (non-hydrogen) atoms. The highest BCUT2D eigenvalue weighted by atomic mass is 19.1. The van der Waals surface area contributed by atoms with Gasteiger partial charge in [0.05, 0.1) is 16.9 Å². The second-order valence-electron chi connectivity index (χ2n) is 16.5. The maximum absolute atomic E-state index is 15.2. The van der Waals surface area contributed by atoms with Crippen LogP contribution >= 0.6 is 0 Å². The maximum Gasteiger partial charge on any atom is 0.328 e. The lowest BCUT2D eigenvalue weighted by Crippen LogP contribution is -2.49. The van der Waals surface area contributed by atoms with Crippen molar-refractivity contribution in [2.24, 2.45) is 0 Å². The van der Waals surface area contributed by atoms with Gasteiger partial charge in [0.25, 0.3) is 5.91 Å². The lowest BCUT2D eigenvalue weighted by Gasteiger charge is -2.28. The number of aromatic nitrogens is 3. The van der Waals surface area contributed by atoms with Gasteiger partial charge in [-0.05, 0) is 124 Å². The number of unbranched alkanes of at least 4 members (excludes halogenated alkanes) is 1. The number of anilines is 2. The first kappa shape index (κ1) is 44.2. The number of carbonyl (C=O) groups is 4. The van der Waals surface area contributed by atoms with Gasteiger partial charge in [0.1, 0.15) is 23.6 Å². The van der Waals surface area contributed by atoms with Crippen LogP contribution in [-0.4, -0.2) is 68.8 Å². The topological polar surface area (TPSA) is 173 Å². The number of hydrogen-bond acceptors (Lipinski definition) is 8. The summed E-state index contributed by atoms with van der Waals surface area (Å²) >= 11 is 0. The Hall–Kier alpha value is -6.84. The van der Waals surface area contributed by atoms with Crippen LogP contribution in [-0.2, 0) is 28.3 Å². The summed E-state index contributed by atoms with van der Waals surface area (Å²) < 4.78 is 30.1. The molecule has 0 radical (unpaired) electrons. The van der Waals surface area contributed by atoms with Crippen molar-refractivity contribution in [3.63, 3.8) is 0 Å². The number of urea groups is 1. The third-order valence-electron chi connectivity index (χ3n) is 11.2. The predicted molar refractivity (Wildman–Crippen MR) is 238 cm³/mol. The second-order valence-corrected chi connectivity index (χ2v) is 16.5. The van der Waals surface area contributed by atoms with E-state index >= 15 is 4.39 Å². The molecule has 15 heteroatoms. The predicted octanol–water partition coefficient (Wildman–Crippen LogP) is 8.03. The van der Waals surface area contributed by atoms with Gasteiger partial charge in [0.15, 0.2) is 0 Å². The zero-order valence-corrected chi connectivity index (χ0v) is 35.9. The van der Waals surface area contributed by atoms with Crippen molar-refractivity contribution in [2.75, 3.05) is 30.4 Å². The van der Waals surface area contributed by atoms with Crippen molar-refractivity contribution in [3.05, 3.63) is 130 Å². The molecule has 1 aliphatic rings. The molecule has 0 spiro atoms. The van der Waals surface area contributed by atoms with Crippen molar-refractivity contribution < 1.29 is 33.1 Å². The number of nitrogens with zero attached hydrogens (tertiary/aromatic N) is 4. The van der Waals surface area contributed by atoms with Crippen LogP contribution in [0.4, 0.5) is 25.0 Å². The Balaban J connectivity index is 0.923. The van der Waals surface area contributed by atoms with Crippen molar-refractivity contribution in [1.82, 2.24) is 30.5 Å². The first-order valence-corrected chi connectivity index (χ1v) is 20.8. The van der Waals surface area contributed by atoms with Crippen LogP contribution in [0.3, 0.4) is 0 Å². The fourth-order valence-corrected chi connectivity index (χ4v) is 7.62. The standard InChI is InChI=1S/C48H50F2N8O5/c1-28-9-10-31(20-41(28)58-19-17-43(60)56-47(58)62)25-51-42(59)8-6-7-18-57(5)26-30-11-13-32(14-12-30)40-24-37-44(52-27-53-45(37)54-40)36-22-34(49)23-39(29(36)2)55-46(61)35-16-15-33(21-38(35)50)48(3,4)63/h9-16,20-24,27,63H,6-8,17-19,25-26H2,1-5H3,(H,51,59)(H,55,61)(H,52,53,54)(H,56,60,62). The molecule has 0 bridgehead atoms. The molecule has 0 atom stereocenters. The zero-order chi connectivity index (χ0) is 45.0. The number of aliphatic hydroxyl groups is 1. The Morgan fingerprint density at radius 1 is 0.937 bits per heavy atom.